The van der Waals surface area contributed by atoms with Crippen LogP contribution in [0.3, 0.4) is 0 Å². The van der Waals surface area contributed by atoms with E-state index >= 15 is 0 Å². The lowest BCUT2D eigenvalue weighted by Crippen LogP contribution is -2.45. The molecule has 1 amide bonds. The summed E-state index contributed by atoms with van der Waals surface area (Å²) in [5.41, 5.74) is 0. The predicted molar refractivity (Wildman–Crippen MR) is 191 cm³/mol. The topological polar surface area (TPSA) is 108 Å². The van der Waals surface area contributed by atoms with Gasteiger partial charge in [-0.25, -0.2) is 0 Å². The zero-order valence-electron chi connectivity index (χ0n) is 30.0. The quantitative estimate of drug-likeness (QED) is 0.0333. The van der Waals surface area contributed by atoms with Crippen LogP contribution in [0.4, 0.5) is 0 Å². The van der Waals surface area contributed by atoms with Gasteiger partial charge in [-0.05, 0) is 64.7 Å². The Morgan fingerprint density at radius 1 is 0.783 bits per heavy atom. The van der Waals surface area contributed by atoms with E-state index in [0.29, 0.717) is 17.4 Å². The van der Waals surface area contributed by atoms with Gasteiger partial charge in [-0.1, -0.05) is 107 Å². The number of quaternary nitrogens is 1. The van der Waals surface area contributed by atoms with E-state index in [0.717, 1.165) is 64.2 Å². The Bertz CT molecular complexity index is 897. The van der Waals surface area contributed by atoms with Crippen LogP contribution >= 0.6 is 7.82 Å². The minimum Gasteiger partial charge on any atom is -0.756 e. The monoisotopic (exact) mass is 668 g/mol. The molecular formula is C37H69N2O6P. The number of hydrogen-bond donors (Lipinski definition) is 2. The highest BCUT2D eigenvalue weighted by Gasteiger charge is 2.23. The normalized spacial score (nSPS) is 15.4. The zero-order chi connectivity index (χ0) is 34.4. The molecule has 0 fully saturated rings. The molecule has 9 heteroatoms. The standard InChI is InChI=1S/C37H69N2O6P/c1-6-8-10-12-14-16-17-18-19-20-21-23-25-27-29-31-37(41)38-35(34-45-46(42,43)44-33-32-39(3,4)5)36(40)30-28-26-24-22-15-13-11-9-7-2/h7,9,15,18-19,22,28,30,35-36,40H,6,8,10-14,16-17,20-21,23-27,29,31-34H2,1-5H3,(H-,38,41,42,43)/b9-7+,19-18-,22-15+,30-28+. The number of rotatable bonds is 31. The molecule has 0 radical (unpaired) electrons. The fourth-order valence-electron chi connectivity index (χ4n) is 4.65. The van der Waals surface area contributed by atoms with Gasteiger partial charge in [-0.2, -0.15) is 0 Å². The van der Waals surface area contributed by atoms with Crippen LogP contribution in [0.15, 0.2) is 48.6 Å². The number of likely N-dealkylation sites (N-methyl/N-ethyl adjacent to an activating group) is 1. The molecule has 0 rings (SSSR count). The van der Waals surface area contributed by atoms with E-state index < -0.39 is 26.6 Å². The number of aliphatic hydroxyl groups excluding tert-OH is 1. The molecule has 8 nitrogen and oxygen atoms in total. The van der Waals surface area contributed by atoms with E-state index in [4.69, 9.17) is 9.05 Å². The van der Waals surface area contributed by atoms with Crippen LogP contribution in [0.1, 0.15) is 129 Å². The van der Waals surface area contributed by atoms with Crippen LogP contribution in [0.2, 0.25) is 0 Å². The number of nitrogens with zero attached hydrogens (tertiary/aromatic N) is 1. The Morgan fingerprint density at radius 3 is 1.89 bits per heavy atom. The number of aliphatic hydroxyl groups is 1. The number of phosphoric ester groups is 1. The molecule has 0 aromatic heterocycles. The lowest BCUT2D eigenvalue weighted by molar-refractivity contribution is -0.870. The number of amides is 1. The van der Waals surface area contributed by atoms with Crippen molar-refractivity contribution in [2.75, 3.05) is 40.9 Å². The van der Waals surface area contributed by atoms with Crippen LogP contribution in [0.25, 0.3) is 0 Å². The molecule has 2 N–H and O–H groups in total. The predicted octanol–water partition coefficient (Wildman–Crippen LogP) is 8.33. The number of unbranched alkanes of at least 4 members (excludes halogenated alkanes) is 13. The number of carbonyl (C=O) groups excluding carboxylic acids is 1. The maximum Gasteiger partial charge on any atom is 0.268 e. The van der Waals surface area contributed by atoms with E-state index in [1.807, 2.05) is 40.2 Å². The highest BCUT2D eigenvalue weighted by atomic mass is 31.2. The third-order valence-electron chi connectivity index (χ3n) is 7.58. The minimum atomic E-state index is -4.59. The van der Waals surface area contributed by atoms with Gasteiger partial charge in [0.15, 0.2) is 0 Å². The van der Waals surface area contributed by atoms with Gasteiger partial charge in [-0.15, -0.1) is 0 Å². The summed E-state index contributed by atoms with van der Waals surface area (Å²) < 4.78 is 23.0. The van der Waals surface area contributed by atoms with E-state index in [-0.39, 0.29) is 12.5 Å². The van der Waals surface area contributed by atoms with Gasteiger partial charge < -0.3 is 28.8 Å². The van der Waals surface area contributed by atoms with E-state index in [2.05, 4.69) is 42.6 Å². The molecule has 46 heavy (non-hydrogen) atoms. The van der Waals surface area contributed by atoms with E-state index in [1.54, 1.807) is 6.08 Å². The summed E-state index contributed by atoms with van der Waals surface area (Å²) in [6.07, 6.45) is 34.6. The molecule has 0 aromatic carbocycles. The van der Waals surface area contributed by atoms with Crippen LogP contribution < -0.4 is 10.2 Å². The van der Waals surface area contributed by atoms with Crippen molar-refractivity contribution < 1.29 is 32.9 Å². The third-order valence-corrected chi connectivity index (χ3v) is 8.55. The second-order valence-electron chi connectivity index (χ2n) is 13.2. The van der Waals surface area contributed by atoms with Crippen molar-refractivity contribution in [3.63, 3.8) is 0 Å². The fraction of sp³-hybridized carbons (Fsp3) is 0.757. The van der Waals surface area contributed by atoms with Crippen LogP contribution in [0, 0.1) is 0 Å². The van der Waals surface area contributed by atoms with Crippen molar-refractivity contribution in [2.24, 2.45) is 0 Å². The zero-order valence-corrected chi connectivity index (χ0v) is 30.9. The summed E-state index contributed by atoms with van der Waals surface area (Å²) in [7, 11) is 1.22. The highest BCUT2D eigenvalue weighted by molar-refractivity contribution is 7.45. The molecule has 3 unspecified atom stereocenters. The van der Waals surface area contributed by atoms with E-state index in [1.165, 1.54) is 44.9 Å². The first-order chi connectivity index (χ1) is 22.0. The first kappa shape index (κ1) is 44.5. The van der Waals surface area contributed by atoms with Crippen LogP contribution in [0.5, 0.6) is 0 Å². The molecule has 0 aliphatic rings. The highest BCUT2D eigenvalue weighted by Crippen LogP contribution is 2.38. The van der Waals surface area contributed by atoms with E-state index in [9.17, 15) is 19.4 Å². The first-order valence-corrected chi connectivity index (χ1v) is 19.4. The molecule has 0 aliphatic heterocycles. The van der Waals surface area contributed by atoms with Crippen LogP contribution in [-0.4, -0.2) is 68.5 Å². The van der Waals surface area contributed by atoms with Crippen LogP contribution in [-0.2, 0) is 18.4 Å². The van der Waals surface area contributed by atoms with Gasteiger partial charge in [0.1, 0.15) is 13.2 Å². The van der Waals surface area contributed by atoms with Crippen molar-refractivity contribution in [2.45, 2.75) is 142 Å². The summed E-state index contributed by atoms with van der Waals surface area (Å²) in [4.78, 5) is 25.0. The maximum atomic E-state index is 12.7. The average molecular weight is 669 g/mol. The van der Waals surface area contributed by atoms with Gasteiger partial charge in [0, 0.05) is 6.42 Å². The molecule has 0 bridgehead atoms. The van der Waals surface area contributed by atoms with Crippen molar-refractivity contribution in [3.05, 3.63) is 48.6 Å². The molecule has 0 aliphatic carbocycles. The average Bonchev–Trinajstić information content (AvgIpc) is 2.99. The molecular weight excluding hydrogens is 599 g/mol. The summed E-state index contributed by atoms with van der Waals surface area (Å²) in [6.45, 7) is 4.33. The molecule has 0 saturated carbocycles. The smallest absolute Gasteiger partial charge is 0.268 e. The molecule has 268 valence electrons. The number of nitrogens with one attached hydrogen (secondary N) is 1. The summed E-state index contributed by atoms with van der Waals surface area (Å²) >= 11 is 0. The fourth-order valence-corrected chi connectivity index (χ4v) is 5.38. The van der Waals surface area contributed by atoms with Crippen molar-refractivity contribution in [1.82, 2.24) is 5.32 Å². The molecule has 0 saturated heterocycles. The van der Waals surface area contributed by atoms with Gasteiger partial charge in [0.2, 0.25) is 5.91 Å². The molecule has 0 heterocycles. The van der Waals surface area contributed by atoms with Gasteiger partial charge in [0.25, 0.3) is 7.82 Å². The van der Waals surface area contributed by atoms with Crippen molar-refractivity contribution in [1.29, 1.82) is 0 Å². The summed E-state index contributed by atoms with van der Waals surface area (Å²) in [5, 5.41) is 13.6. The number of carbonyl (C=O) groups is 1. The summed E-state index contributed by atoms with van der Waals surface area (Å²) in [5.74, 6) is -0.227. The van der Waals surface area contributed by atoms with Crippen molar-refractivity contribution in [3.8, 4) is 0 Å². The lowest BCUT2D eigenvalue weighted by Gasteiger charge is -2.29. The Hall–Kier alpha value is -1.54. The maximum absolute atomic E-state index is 12.7. The second kappa shape index (κ2) is 29.6. The first-order valence-electron chi connectivity index (χ1n) is 18.0. The Labute approximate surface area is 282 Å². The van der Waals surface area contributed by atoms with Crippen molar-refractivity contribution >= 4 is 13.7 Å². The number of hydrogen-bond acceptors (Lipinski definition) is 6. The third kappa shape index (κ3) is 31.1. The molecule has 3 atom stereocenters. The number of phosphoric acid groups is 1. The lowest BCUT2D eigenvalue weighted by atomic mass is 10.1. The summed E-state index contributed by atoms with van der Waals surface area (Å²) in [6, 6.07) is -0.910. The minimum absolute atomic E-state index is 0.0124. The Kier molecular flexibility index (Phi) is 28.6. The van der Waals surface area contributed by atoms with Gasteiger partial charge in [0.05, 0.1) is 39.9 Å². The largest absolute Gasteiger partial charge is 0.756 e. The Balaban J connectivity index is 4.56. The van der Waals surface area contributed by atoms with Gasteiger partial charge >= 0.3 is 0 Å². The Morgan fingerprint density at radius 2 is 1.30 bits per heavy atom. The molecule has 0 aromatic rings. The van der Waals surface area contributed by atoms with Gasteiger partial charge in [-0.3, -0.25) is 9.36 Å². The second-order valence-corrected chi connectivity index (χ2v) is 14.6. The molecule has 0 spiro atoms. The number of allylic oxidation sites excluding steroid dienone is 7. The SMILES string of the molecule is C/C=C/CC/C=C/CC/C=C/C(O)C(COP(=O)([O-])OCC[N+](C)(C)C)NC(=O)CCCCCCC/C=C\CCCCCCCC.